The maximum atomic E-state index is 13.7. The molecule has 0 saturated carbocycles. The van der Waals surface area contributed by atoms with Gasteiger partial charge in [-0.3, -0.25) is 9.59 Å². The molecule has 2 aromatic carbocycles. The molecule has 0 radical (unpaired) electrons. The van der Waals surface area contributed by atoms with Crippen molar-refractivity contribution in [2.45, 2.75) is 50.7 Å². The van der Waals surface area contributed by atoms with Crippen LogP contribution in [0.1, 0.15) is 43.0 Å². The summed E-state index contributed by atoms with van der Waals surface area (Å²) in [4.78, 5) is 35.3. The number of imidazole rings is 1. The Bertz CT molecular complexity index is 1180. The Hall–Kier alpha value is -2.87. The number of hydrogen-bond donors (Lipinski definition) is 2. The number of hydrogen-bond acceptors (Lipinski definition) is 4. The van der Waals surface area contributed by atoms with Gasteiger partial charge in [-0.1, -0.05) is 72.9 Å². The van der Waals surface area contributed by atoms with Gasteiger partial charge in [-0.2, -0.15) is 0 Å². The number of rotatable bonds is 12. The minimum absolute atomic E-state index is 0.161. The van der Waals surface area contributed by atoms with E-state index in [9.17, 15) is 9.59 Å². The minimum atomic E-state index is -0.766. The smallest absolute Gasteiger partial charge is 0.245 e. The summed E-state index contributed by atoms with van der Waals surface area (Å²) in [5, 5.41) is 3.92. The van der Waals surface area contributed by atoms with Crippen LogP contribution in [0.25, 0.3) is 0 Å². The molecule has 7 nitrogen and oxygen atoms in total. The Balaban J connectivity index is 1.48. The molecule has 1 aromatic heterocycles. The van der Waals surface area contributed by atoms with E-state index in [4.69, 9.17) is 27.9 Å². The lowest BCUT2D eigenvalue weighted by atomic mass is 9.84. The average molecular weight is 543 g/mol. The maximum Gasteiger partial charge on any atom is 0.245 e. The quantitative estimate of drug-likeness (QED) is 0.317. The van der Waals surface area contributed by atoms with Crippen LogP contribution in [0.15, 0.2) is 61.1 Å². The Kier molecular flexibility index (Phi) is 9.24. The molecular weight excluding hydrogens is 511 g/mol. The number of H-pyrrole nitrogens is 1. The Morgan fingerprint density at radius 3 is 2.65 bits per heavy atom. The fourth-order valence-electron chi connectivity index (χ4n) is 4.50. The maximum absolute atomic E-state index is 13.7. The number of amides is 2. The molecule has 1 fully saturated rings. The second kappa shape index (κ2) is 12.6. The summed E-state index contributed by atoms with van der Waals surface area (Å²) in [7, 11) is 0. The molecule has 37 heavy (non-hydrogen) atoms. The van der Waals surface area contributed by atoms with Gasteiger partial charge in [0.2, 0.25) is 11.8 Å². The highest BCUT2D eigenvalue weighted by Crippen LogP contribution is 2.37. The third kappa shape index (κ3) is 6.92. The highest BCUT2D eigenvalue weighted by atomic mass is 35.5. The summed E-state index contributed by atoms with van der Waals surface area (Å²) in [5.41, 5.74) is 2.11. The van der Waals surface area contributed by atoms with E-state index in [-0.39, 0.29) is 24.7 Å². The third-order valence-electron chi connectivity index (χ3n) is 6.63. The molecule has 1 atom stereocenters. The van der Waals surface area contributed by atoms with E-state index in [1.54, 1.807) is 35.6 Å². The molecule has 9 heteroatoms. The predicted molar refractivity (Wildman–Crippen MR) is 145 cm³/mol. The number of nitrogens with one attached hydrogen (secondary N) is 2. The first kappa shape index (κ1) is 27.2. The molecule has 3 aromatic rings. The first-order valence-corrected chi connectivity index (χ1v) is 13.3. The summed E-state index contributed by atoms with van der Waals surface area (Å²) in [6.07, 6.45) is 6.23. The number of carbonyl (C=O) groups is 2. The standard InChI is InChI=1S/C28H32Cl2N4O3/c1-2-3-13-37-28(21-7-5-4-6-8-21)17-34(18-28)27(36)25(14-20-9-10-22(29)15-24(20)30)33-26(35)12-11-23-16-31-19-32-23/h4-10,15-16,19,25H,2-3,11-14,17-18H2,1H3,(H,31,32)(H,33,35). The normalized spacial score (nSPS) is 15.2. The largest absolute Gasteiger partial charge is 0.367 e. The monoisotopic (exact) mass is 542 g/mol. The van der Waals surface area contributed by atoms with Gasteiger partial charge in [0, 0.05) is 41.4 Å². The zero-order valence-corrected chi connectivity index (χ0v) is 22.4. The van der Waals surface area contributed by atoms with Gasteiger partial charge >= 0.3 is 0 Å². The molecule has 1 saturated heterocycles. The zero-order valence-electron chi connectivity index (χ0n) is 20.9. The summed E-state index contributed by atoms with van der Waals surface area (Å²) in [5.74, 6) is -0.376. The highest BCUT2D eigenvalue weighted by Gasteiger charge is 2.49. The van der Waals surface area contributed by atoms with Crippen LogP contribution in [-0.2, 0) is 32.8 Å². The van der Waals surface area contributed by atoms with Gasteiger partial charge in [-0.25, -0.2) is 4.98 Å². The number of carbonyl (C=O) groups excluding carboxylic acids is 2. The molecule has 2 N–H and O–H groups in total. The van der Waals surface area contributed by atoms with Gasteiger partial charge in [0.1, 0.15) is 11.6 Å². The molecule has 1 unspecified atom stereocenters. The molecule has 2 amide bonds. The van der Waals surface area contributed by atoms with Crippen LogP contribution in [0, 0.1) is 0 Å². The Morgan fingerprint density at radius 1 is 1.19 bits per heavy atom. The van der Waals surface area contributed by atoms with Crippen molar-refractivity contribution < 1.29 is 14.3 Å². The summed E-state index contributed by atoms with van der Waals surface area (Å²) < 4.78 is 6.34. The summed E-state index contributed by atoms with van der Waals surface area (Å²) in [6.45, 7) is 3.60. The zero-order chi connectivity index (χ0) is 26.3. The van der Waals surface area contributed by atoms with Gasteiger partial charge < -0.3 is 19.9 Å². The number of aromatic nitrogens is 2. The number of nitrogens with zero attached hydrogens (tertiary/aromatic N) is 2. The Morgan fingerprint density at radius 2 is 1.97 bits per heavy atom. The lowest BCUT2D eigenvalue weighted by molar-refractivity contribution is -0.175. The van der Waals surface area contributed by atoms with Crippen molar-refractivity contribution in [3.8, 4) is 0 Å². The van der Waals surface area contributed by atoms with Crippen molar-refractivity contribution in [3.63, 3.8) is 0 Å². The van der Waals surface area contributed by atoms with E-state index in [1.807, 2.05) is 30.3 Å². The molecule has 0 aliphatic carbocycles. The number of likely N-dealkylation sites (tertiary alicyclic amines) is 1. The highest BCUT2D eigenvalue weighted by molar-refractivity contribution is 6.35. The first-order chi connectivity index (χ1) is 17.9. The summed E-state index contributed by atoms with van der Waals surface area (Å²) >= 11 is 12.5. The van der Waals surface area contributed by atoms with Crippen LogP contribution in [0.4, 0.5) is 0 Å². The lowest BCUT2D eigenvalue weighted by Gasteiger charge is -2.51. The number of aromatic amines is 1. The van der Waals surface area contributed by atoms with Crippen LogP contribution in [0.3, 0.4) is 0 Å². The van der Waals surface area contributed by atoms with Crippen LogP contribution in [0.5, 0.6) is 0 Å². The van der Waals surface area contributed by atoms with Crippen molar-refractivity contribution in [2.75, 3.05) is 19.7 Å². The van der Waals surface area contributed by atoms with Crippen molar-refractivity contribution in [2.24, 2.45) is 0 Å². The number of halogens is 2. The van der Waals surface area contributed by atoms with Crippen molar-refractivity contribution in [3.05, 3.63) is 87.9 Å². The fourth-order valence-corrected chi connectivity index (χ4v) is 4.99. The SMILES string of the molecule is CCCCOC1(c2ccccc2)CN(C(=O)C(Cc2ccc(Cl)cc2Cl)NC(=O)CCc2cnc[nH]2)C1. The minimum Gasteiger partial charge on any atom is -0.367 e. The molecule has 4 rings (SSSR count). The van der Waals surface area contributed by atoms with Crippen LogP contribution in [-0.4, -0.2) is 52.4 Å². The van der Waals surface area contributed by atoms with E-state index in [2.05, 4.69) is 22.2 Å². The molecule has 2 heterocycles. The van der Waals surface area contributed by atoms with Gasteiger partial charge in [0.15, 0.2) is 0 Å². The topological polar surface area (TPSA) is 87.3 Å². The fraction of sp³-hybridized carbons (Fsp3) is 0.393. The molecule has 196 valence electrons. The molecular formula is C28H32Cl2N4O3. The second-order valence-electron chi connectivity index (χ2n) is 9.39. The number of benzene rings is 2. The Labute approximate surface area is 227 Å². The molecule has 0 bridgehead atoms. The average Bonchev–Trinajstić information content (AvgIpc) is 3.39. The van der Waals surface area contributed by atoms with Crippen molar-refractivity contribution >= 4 is 35.0 Å². The molecule has 1 aliphatic heterocycles. The molecule has 1 aliphatic rings. The van der Waals surface area contributed by atoms with Crippen molar-refractivity contribution in [1.82, 2.24) is 20.2 Å². The third-order valence-corrected chi connectivity index (χ3v) is 7.22. The summed E-state index contributed by atoms with van der Waals surface area (Å²) in [6, 6.07) is 14.4. The van der Waals surface area contributed by atoms with Gasteiger partial charge in [-0.15, -0.1) is 0 Å². The number of ether oxygens (including phenoxy) is 1. The van der Waals surface area contributed by atoms with Gasteiger partial charge in [0.25, 0.3) is 0 Å². The number of aryl methyl sites for hydroxylation is 1. The first-order valence-electron chi connectivity index (χ1n) is 12.6. The lowest BCUT2D eigenvalue weighted by Crippen LogP contribution is -2.66. The van der Waals surface area contributed by atoms with Gasteiger partial charge in [0.05, 0.1) is 19.4 Å². The van der Waals surface area contributed by atoms with E-state index >= 15 is 0 Å². The van der Waals surface area contributed by atoms with Crippen LogP contribution < -0.4 is 5.32 Å². The van der Waals surface area contributed by atoms with Gasteiger partial charge in [-0.05, 0) is 36.1 Å². The van der Waals surface area contributed by atoms with Crippen LogP contribution >= 0.6 is 23.2 Å². The van der Waals surface area contributed by atoms with E-state index < -0.39 is 11.6 Å². The number of unbranched alkanes of at least 4 members (excludes halogenated alkanes) is 1. The second-order valence-corrected chi connectivity index (χ2v) is 10.2. The van der Waals surface area contributed by atoms with E-state index in [1.165, 1.54) is 0 Å². The predicted octanol–water partition coefficient (Wildman–Crippen LogP) is 4.93. The van der Waals surface area contributed by atoms with Crippen LogP contribution in [0.2, 0.25) is 10.0 Å². The van der Waals surface area contributed by atoms with E-state index in [0.717, 1.165) is 29.7 Å². The van der Waals surface area contributed by atoms with E-state index in [0.29, 0.717) is 36.2 Å². The molecule has 0 spiro atoms. The van der Waals surface area contributed by atoms with Crippen molar-refractivity contribution in [1.29, 1.82) is 0 Å².